The Morgan fingerprint density at radius 1 is 1.39 bits per heavy atom. The first-order valence-electron chi connectivity index (χ1n) is 8.33. The minimum Gasteiger partial charge on any atom is -0.493 e. The molecule has 1 aromatic carbocycles. The van der Waals surface area contributed by atoms with E-state index < -0.39 is 6.17 Å². The molecule has 1 aliphatic rings. The summed E-state index contributed by atoms with van der Waals surface area (Å²) in [5, 5.41) is 5.53. The van der Waals surface area contributed by atoms with Crippen molar-refractivity contribution in [3.8, 4) is 35.7 Å². The molecule has 28 heavy (non-hydrogen) atoms. The van der Waals surface area contributed by atoms with Crippen molar-refractivity contribution < 1.29 is 19.1 Å². The number of terminal acetylenes is 1. The van der Waals surface area contributed by atoms with Gasteiger partial charge in [0, 0.05) is 19.7 Å². The third-order valence-electron chi connectivity index (χ3n) is 4.08. The van der Waals surface area contributed by atoms with Crippen molar-refractivity contribution in [1.82, 2.24) is 20.4 Å². The van der Waals surface area contributed by atoms with Crippen molar-refractivity contribution in [2.75, 3.05) is 34.9 Å². The minimum atomic E-state index is -0.520. The Balaban J connectivity index is 2.27. The lowest BCUT2D eigenvalue weighted by atomic mass is 10.2. The number of nitrogens with zero attached hydrogens (tertiary/aromatic N) is 2. The van der Waals surface area contributed by atoms with E-state index in [4.69, 9.17) is 15.9 Å². The molecule has 0 radical (unpaired) electrons. The van der Waals surface area contributed by atoms with Crippen LogP contribution in [-0.4, -0.2) is 63.1 Å². The molecule has 1 atom stereocenters. The van der Waals surface area contributed by atoms with E-state index in [1.165, 1.54) is 4.90 Å². The molecule has 2 N–H and O–H groups in total. The van der Waals surface area contributed by atoms with Gasteiger partial charge in [-0.1, -0.05) is 17.8 Å². The molecule has 2 amide bonds. The van der Waals surface area contributed by atoms with Crippen LogP contribution in [0.2, 0.25) is 0 Å². The third-order valence-corrected chi connectivity index (χ3v) is 4.08. The lowest BCUT2D eigenvalue weighted by Crippen LogP contribution is -2.38. The summed E-state index contributed by atoms with van der Waals surface area (Å²) in [6.07, 6.45) is 5.25. The summed E-state index contributed by atoms with van der Waals surface area (Å²) in [7, 11) is 6.40. The van der Waals surface area contributed by atoms with Crippen molar-refractivity contribution >= 4 is 12.3 Å². The smallest absolute Gasteiger partial charge is 0.274 e. The minimum absolute atomic E-state index is 0.145. The van der Waals surface area contributed by atoms with Gasteiger partial charge in [0.1, 0.15) is 11.5 Å². The highest BCUT2D eigenvalue weighted by Gasteiger charge is 2.33. The number of methoxy groups -OCH3 is 2. The van der Waals surface area contributed by atoms with Crippen LogP contribution in [0.1, 0.15) is 5.56 Å². The van der Waals surface area contributed by atoms with Crippen molar-refractivity contribution in [2.45, 2.75) is 6.17 Å². The van der Waals surface area contributed by atoms with Crippen molar-refractivity contribution in [2.24, 2.45) is 0 Å². The van der Waals surface area contributed by atoms with Crippen LogP contribution in [0.15, 0.2) is 29.7 Å². The fourth-order valence-electron chi connectivity index (χ4n) is 2.62. The van der Waals surface area contributed by atoms with Crippen molar-refractivity contribution in [3.63, 3.8) is 0 Å². The van der Waals surface area contributed by atoms with Crippen LogP contribution in [-0.2, 0) is 9.59 Å². The van der Waals surface area contributed by atoms with Crippen molar-refractivity contribution in [1.29, 1.82) is 0 Å². The van der Waals surface area contributed by atoms with E-state index in [0.29, 0.717) is 23.5 Å². The van der Waals surface area contributed by atoms with Gasteiger partial charge in [0.25, 0.3) is 5.91 Å². The first-order chi connectivity index (χ1) is 13.5. The fraction of sp³-hybridized carbons (Fsp3) is 0.300. The maximum atomic E-state index is 12.7. The molecule has 8 nitrogen and oxygen atoms in total. The molecule has 0 saturated heterocycles. The van der Waals surface area contributed by atoms with Crippen LogP contribution < -0.4 is 20.1 Å². The number of amides is 2. The molecule has 0 bridgehead atoms. The SMILES string of the molecule is C#CCN(C)C(=O)C1=C(NC=O)NC(C#Cc2ccc(OC)c(OC)c2)N1C. The summed E-state index contributed by atoms with van der Waals surface area (Å²) in [6.45, 7) is 0.145. The maximum absolute atomic E-state index is 12.7. The van der Waals surface area contributed by atoms with E-state index >= 15 is 0 Å². The lowest BCUT2D eigenvalue weighted by Gasteiger charge is -2.22. The largest absolute Gasteiger partial charge is 0.493 e. The average molecular weight is 382 g/mol. The highest BCUT2D eigenvalue weighted by Crippen LogP contribution is 2.27. The van der Waals surface area contributed by atoms with E-state index in [2.05, 4.69) is 28.4 Å². The Morgan fingerprint density at radius 2 is 2.11 bits per heavy atom. The van der Waals surface area contributed by atoms with Gasteiger partial charge in [-0.2, -0.15) is 0 Å². The Morgan fingerprint density at radius 3 is 2.71 bits per heavy atom. The third kappa shape index (κ3) is 4.30. The molecule has 0 aromatic heterocycles. The van der Waals surface area contributed by atoms with E-state index in [1.807, 2.05) is 0 Å². The maximum Gasteiger partial charge on any atom is 0.274 e. The molecule has 8 heteroatoms. The quantitative estimate of drug-likeness (QED) is 0.529. The first-order valence-corrected chi connectivity index (χ1v) is 8.33. The van der Waals surface area contributed by atoms with Crippen LogP contribution in [0.5, 0.6) is 11.5 Å². The summed E-state index contributed by atoms with van der Waals surface area (Å²) < 4.78 is 10.5. The molecule has 0 saturated carbocycles. The summed E-state index contributed by atoms with van der Waals surface area (Å²) in [6, 6.07) is 5.32. The predicted octanol–water partition coefficient (Wildman–Crippen LogP) is -0.0769. The summed E-state index contributed by atoms with van der Waals surface area (Å²) in [5.74, 6) is 9.60. The van der Waals surface area contributed by atoms with Crippen LogP contribution >= 0.6 is 0 Å². The molecular formula is C20H22N4O4. The fourth-order valence-corrected chi connectivity index (χ4v) is 2.62. The van der Waals surface area contributed by atoms with Gasteiger partial charge in [-0.25, -0.2) is 0 Å². The van der Waals surface area contributed by atoms with Gasteiger partial charge >= 0.3 is 0 Å². The monoisotopic (exact) mass is 382 g/mol. The molecule has 1 aliphatic heterocycles. The van der Waals surface area contributed by atoms with Gasteiger partial charge in [0.05, 0.1) is 20.8 Å². The highest BCUT2D eigenvalue weighted by molar-refractivity contribution is 5.94. The summed E-state index contributed by atoms with van der Waals surface area (Å²) >= 11 is 0. The van der Waals surface area contributed by atoms with Crippen molar-refractivity contribution in [3.05, 3.63) is 35.3 Å². The normalized spacial score (nSPS) is 15.0. The van der Waals surface area contributed by atoms with E-state index in [0.717, 1.165) is 0 Å². The first kappa shape index (κ1) is 20.5. The number of ether oxygens (including phenoxy) is 2. The number of hydrogen-bond donors (Lipinski definition) is 2. The molecule has 1 aromatic rings. The van der Waals surface area contributed by atoms with Crippen LogP contribution in [0.3, 0.4) is 0 Å². The van der Waals surface area contributed by atoms with E-state index in [-0.39, 0.29) is 24.0 Å². The van der Waals surface area contributed by atoms with Crippen LogP contribution in [0.4, 0.5) is 0 Å². The Hall–Kier alpha value is -3.78. The zero-order chi connectivity index (χ0) is 20.7. The van der Waals surface area contributed by atoms with Gasteiger partial charge in [-0.15, -0.1) is 6.42 Å². The zero-order valence-electron chi connectivity index (χ0n) is 16.2. The van der Waals surface area contributed by atoms with Gasteiger partial charge in [0.2, 0.25) is 6.41 Å². The Labute approximate surface area is 164 Å². The van der Waals surface area contributed by atoms with Crippen LogP contribution in [0, 0.1) is 24.2 Å². The number of benzene rings is 1. The summed E-state index contributed by atoms with van der Waals surface area (Å²) in [5.41, 5.74) is 0.985. The predicted molar refractivity (Wildman–Crippen MR) is 104 cm³/mol. The summed E-state index contributed by atoms with van der Waals surface area (Å²) in [4.78, 5) is 26.6. The topological polar surface area (TPSA) is 83.1 Å². The molecule has 0 fully saturated rings. The molecule has 0 spiro atoms. The Kier molecular flexibility index (Phi) is 6.78. The molecule has 1 unspecified atom stereocenters. The molecule has 2 rings (SSSR count). The molecular weight excluding hydrogens is 360 g/mol. The number of carbonyl (C=O) groups excluding carboxylic acids is 2. The number of rotatable bonds is 6. The number of carbonyl (C=O) groups is 2. The van der Waals surface area contributed by atoms with Gasteiger partial charge < -0.3 is 29.9 Å². The second-order valence-electron chi connectivity index (χ2n) is 5.85. The average Bonchev–Trinajstić information content (AvgIpc) is 3.01. The number of nitrogens with one attached hydrogen (secondary N) is 2. The van der Waals surface area contributed by atoms with Gasteiger partial charge in [0.15, 0.2) is 17.7 Å². The number of likely N-dealkylation sites (N-methyl/N-ethyl adjacent to an activating group) is 2. The molecule has 1 heterocycles. The molecule has 0 aliphatic carbocycles. The zero-order valence-corrected chi connectivity index (χ0v) is 16.2. The van der Waals surface area contributed by atoms with Gasteiger partial charge in [-0.3, -0.25) is 9.59 Å². The second-order valence-corrected chi connectivity index (χ2v) is 5.85. The molecule has 146 valence electrons. The highest BCUT2D eigenvalue weighted by atomic mass is 16.5. The van der Waals surface area contributed by atoms with Crippen LogP contribution in [0.25, 0.3) is 0 Å². The standard InChI is InChI=1S/C20H22N4O4/c1-6-11-23(2)20(26)18-19(21-13-25)22-17(24(18)3)10-8-14-7-9-15(27-4)16(12-14)28-5/h1,7,9,12-13,17,22H,11H2,2-5H3,(H,21,25). The van der Waals surface area contributed by atoms with E-state index in [9.17, 15) is 9.59 Å². The number of hydrogen-bond acceptors (Lipinski definition) is 6. The Bertz CT molecular complexity index is 892. The van der Waals surface area contributed by atoms with E-state index in [1.54, 1.807) is 51.4 Å². The lowest BCUT2D eigenvalue weighted by molar-refractivity contribution is -0.126. The second kappa shape index (κ2) is 9.24. The van der Waals surface area contributed by atoms with Gasteiger partial charge in [-0.05, 0) is 18.2 Å².